The van der Waals surface area contributed by atoms with Crippen molar-refractivity contribution >= 4 is 34.0 Å². The summed E-state index contributed by atoms with van der Waals surface area (Å²) in [7, 11) is 0. The molecule has 32 heavy (non-hydrogen) atoms. The van der Waals surface area contributed by atoms with E-state index in [2.05, 4.69) is 4.98 Å². The number of carbonyl (C=O) groups is 2. The fourth-order valence-corrected chi connectivity index (χ4v) is 4.29. The van der Waals surface area contributed by atoms with Gasteiger partial charge in [0.1, 0.15) is 11.6 Å². The molecule has 2 heterocycles. The van der Waals surface area contributed by atoms with Crippen LogP contribution in [0.2, 0.25) is 0 Å². The molecule has 3 aromatic carbocycles. The number of H-pyrrole nitrogens is 1. The molecule has 5 nitrogen and oxygen atoms in total. The number of aromatic nitrogens is 1. The van der Waals surface area contributed by atoms with Crippen LogP contribution in [0.1, 0.15) is 22.7 Å². The third kappa shape index (κ3) is 3.00. The highest BCUT2D eigenvalue weighted by Crippen LogP contribution is 2.44. The summed E-state index contributed by atoms with van der Waals surface area (Å²) in [5, 5.41) is 12.0. The SMILES string of the molecule is Cc1ccccc1N1C(=O)C(=O)/C(=C(/O)c2ccc(F)cc2)C1c1c[nH]c2ccccc12. The lowest BCUT2D eigenvalue weighted by molar-refractivity contribution is -0.132. The van der Waals surface area contributed by atoms with Gasteiger partial charge in [0.25, 0.3) is 11.7 Å². The lowest BCUT2D eigenvalue weighted by Gasteiger charge is -2.26. The predicted octanol–water partition coefficient (Wildman–Crippen LogP) is 5.24. The zero-order valence-electron chi connectivity index (χ0n) is 17.2. The molecule has 1 amide bonds. The highest BCUT2D eigenvalue weighted by molar-refractivity contribution is 6.52. The predicted molar refractivity (Wildman–Crippen MR) is 121 cm³/mol. The molecule has 0 radical (unpaired) electrons. The second-order valence-corrected chi connectivity index (χ2v) is 7.75. The zero-order chi connectivity index (χ0) is 22.4. The molecule has 1 aliphatic rings. The Morgan fingerprint density at radius 2 is 1.66 bits per heavy atom. The standard InChI is InChI=1S/C26H19FN2O3/c1-15-6-2-5-9-21(15)29-23(19-14-28-20-8-4-3-7-18(19)20)22(25(31)26(29)32)24(30)16-10-12-17(27)13-11-16/h2-14,23,28,30H,1H3/b24-22+. The van der Waals surface area contributed by atoms with Gasteiger partial charge in [0.05, 0.1) is 11.6 Å². The number of anilines is 1. The quantitative estimate of drug-likeness (QED) is 0.267. The number of halogens is 1. The average Bonchev–Trinajstić information content (AvgIpc) is 3.33. The van der Waals surface area contributed by atoms with Gasteiger partial charge in [0, 0.05) is 33.9 Å². The normalized spacial score (nSPS) is 17.9. The molecule has 1 aliphatic heterocycles. The number of aromatic amines is 1. The van der Waals surface area contributed by atoms with E-state index in [1.54, 1.807) is 18.3 Å². The van der Waals surface area contributed by atoms with Gasteiger partial charge in [-0.1, -0.05) is 36.4 Å². The maximum absolute atomic E-state index is 13.4. The number of benzene rings is 3. The maximum Gasteiger partial charge on any atom is 0.300 e. The van der Waals surface area contributed by atoms with Crippen LogP contribution in [-0.4, -0.2) is 21.8 Å². The van der Waals surface area contributed by atoms with Crippen LogP contribution in [0.4, 0.5) is 10.1 Å². The van der Waals surface area contributed by atoms with Crippen LogP contribution in [0.3, 0.4) is 0 Å². The van der Waals surface area contributed by atoms with Crippen LogP contribution >= 0.6 is 0 Å². The van der Waals surface area contributed by atoms with E-state index in [0.717, 1.165) is 16.5 Å². The second-order valence-electron chi connectivity index (χ2n) is 7.75. The van der Waals surface area contributed by atoms with Crippen molar-refractivity contribution in [2.75, 3.05) is 4.90 Å². The minimum Gasteiger partial charge on any atom is -0.507 e. The van der Waals surface area contributed by atoms with Crippen LogP contribution in [0, 0.1) is 12.7 Å². The number of amides is 1. The first-order valence-corrected chi connectivity index (χ1v) is 10.2. The van der Waals surface area contributed by atoms with E-state index in [1.807, 2.05) is 43.3 Å². The van der Waals surface area contributed by atoms with E-state index in [9.17, 15) is 19.1 Å². The summed E-state index contributed by atoms with van der Waals surface area (Å²) in [6.45, 7) is 1.86. The van der Waals surface area contributed by atoms with Crippen molar-refractivity contribution < 1.29 is 19.1 Å². The molecule has 1 saturated heterocycles. The summed E-state index contributed by atoms with van der Waals surface area (Å²) in [4.78, 5) is 31.1. The molecule has 1 atom stereocenters. The fourth-order valence-electron chi connectivity index (χ4n) is 4.29. The van der Waals surface area contributed by atoms with Crippen LogP contribution in [0.15, 0.2) is 84.6 Å². The third-order valence-corrected chi connectivity index (χ3v) is 5.85. The van der Waals surface area contributed by atoms with Gasteiger partial charge in [-0.2, -0.15) is 0 Å². The molecule has 158 valence electrons. The van der Waals surface area contributed by atoms with Crippen molar-refractivity contribution in [3.05, 3.63) is 107 Å². The van der Waals surface area contributed by atoms with Crippen molar-refractivity contribution in [1.29, 1.82) is 0 Å². The largest absolute Gasteiger partial charge is 0.507 e. The molecule has 4 aromatic rings. The van der Waals surface area contributed by atoms with E-state index in [0.29, 0.717) is 11.3 Å². The number of rotatable bonds is 3. The molecule has 0 aliphatic carbocycles. The first-order chi connectivity index (χ1) is 15.5. The van der Waals surface area contributed by atoms with E-state index in [1.165, 1.54) is 29.2 Å². The van der Waals surface area contributed by atoms with Crippen LogP contribution in [0.5, 0.6) is 0 Å². The number of carbonyl (C=O) groups excluding carboxylic acids is 2. The fraction of sp³-hybridized carbons (Fsp3) is 0.0769. The molecular weight excluding hydrogens is 407 g/mol. The summed E-state index contributed by atoms with van der Waals surface area (Å²) in [5.41, 5.74) is 3.17. The number of nitrogens with one attached hydrogen (secondary N) is 1. The molecule has 1 aromatic heterocycles. The number of hydrogen-bond acceptors (Lipinski definition) is 3. The molecule has 6 heteroatoms. The number of fused-ring (bicyclic) bond motifs is 1. The smallest absolute Gasteiger partial charge is 0.300 e. The average molecular weight is 426 g/mol. The van der Waals surface area contributed by atoms with E-state index in [4.69, 9.17) is 0 Å². The van der Waals surface area contributed by atoms with Gasteiger partial charge in [-0.3, -0.25) is 14.5 Å². The summed E-state index contributed by atoms with van der Waals surface area (Å²) in [6.07, 6.45) is 1.75. The number of hydrogen-bond donors (Lipinski definition) is 2. The van der Waals surface area contributed by atoms with Gasteiger partial charge >= 0.3 is 0 Å². The number of Topliss-reactive ketones (excluding diaryl/α,β-unsaturated/α-hetero) is 1. The van der Waals surface area contributed by atoms with E-state index in [-0.39, 0.29) is 16.9 Å². The first-order valence-electron chi connectivity index (χ1n) is 10.2. The van der Waals surface area contributed by atoms with Crippen molar-refractivity contribution in [3.8, 4) is 0 Å². The van der Waals surface area contributed by atoms with Crippen LogP contribution in [0.25, 0.3) is 16.7 Å². The van der Waals surface area contributed by atoms with Crippen LogP contribution < -0.4 is 4.90 Å². The Labute approximate surface area is 183 Å². The van der Waals surface area contributed by atoms with Gasteiger partial charge in [0.2, 0.25) is 0 Å². The number of nitrogens with zero attached hydrogens (tertiary/aromatic N) is 1. The van der Waals surface area contributed by atoms with E-state index < -0.39 is 23.5 Å². The molecule has 0 saturated carbocycles. The number of aliphatic hydroxyl groups is 1. The monoisotopic (exact) mass is 426 g/mol. The van der Waals surface area contributed by atoms with Crippen molar-refractivity contribution in [2.45, 2.75) is 13.0 Å². The molecule has 2 N–H and O–H groups in total. The Balaban J connectivity index is 1.80. The molecule has 1 unspecified atom stereocenters. The molecular formula is C26H19FN2O3. The number of aliphatic hydroxyl groups excluding tert-OH is 1. The van der Waals surface area contributed by atoms with Gasteiger partial charge < -0.3 is 10.1 Å². The maximum atomic E-state index is 13.4. The lowest BCUT2D eigenvalue weighted by Crippen LogP contribution is -2.30. The number of aryl methyl sites for hydroxylation is 1. The third-order valence-electron chi connectivity index (χ3n) is 5.85. The summed E-state index contributed by atoms with van der Waals surface area (Å²) in [5.74, 6) is -2.31. The first kappa shape index (κ1) is 19.8. The van der Waals surface area contributed by atoms with Gasteiger partial charge in [-0.25, -0.2) is 4.39 Å². The Hall–Kier alpha value is -4.19. The molecule has 0 bridgehead atoms. The van der Waals surface area contributed by atoms with Crippen LogP contribution in [-0.2, 0) is 9.59 Å². The summed E-state index contributed by atoms with van der Waals surface area (Å²) in [6, 6.07) is 19.2. The Morgan fingerprint density at radius 3 is 2.41 bits per heavy atom. The Morgan fingerprint density at radius 1 is 0.969 bits per heavy atom. The topological polar surface area (TPSA) is 73.4 Å². The van der Waals surface area contributed by atoms with Gasteiger partial charge in [0.15, 0.2) is 0 Å². The Bertz CT molecular complexity index is 1400. The van der Waals surface area contributed by atoms with Gasteiger partial charge in [-0.15, -0.1) is 0 Å². The second kappa shape index (κ2) is 7.50. The minimum absolute atomic E-state index is 0.0328. The Kier molecular flexibility index (Phi) is 4.63. The van der Waals surface area contributed by atoms with Gasteiger partial charge in [-0.05, 0) is 48.9 Å². The highest BCUT2D eigenvalue weighted by atomic mass is 19.1. The number of para-hydroxylation sites is 2. The lowest BCUT2D eigenvalue weighted by atomic mass is 9.94. The zero-order valence-corrected chi connectivity index (χ0v) is 17.2. The molecule has 1 fully saturated rings. The molecule has 5 rings (SSSR count). The minimum atomic E-state index is -0.850. The summed E-state index contributed by atoms with van der Waals surface area (Å²) >= 11 is 0. The van der Waals surface area contributed by atoms with Crippen molar-refractivity contribution in [2.24, 2.45) is 0 Å². The number of ketones is 1. The molecule has 0 spiro atoms. The summed E-state index contributed by atoms with van der Waals surface area (Å²) < 4.78 is 13.4. The van der Waals surface area contributed by atoms with Crippen molar-refractivity contribution in [3.63, 3.8) is 0 Å². The highest BCUT2D eigenvalue weighted by Gasteiger charge is 2.48. The van der Waals surface area contributed by atoms with E-state index >= 15 is 0 Å². The van der Waals surface area contributed by atoms with Crippen molar-refractivity contribution in [1.82, 2.24) is 4.98 Å².